The number of likely N-dealkylation sites (tertiary alicyclic amines) is 2. The van der Waals surface area contributed by atoms with E-state index in [0.717, 1.165) is 56.5 Å². The molecule has 2 aliphatic rings. The number of hydrogen-bond donors (Lipinski definition) is 0. The standard InChI is InChI=1S/C19H27ClN2O/c1-15-5-11-22(12-6-15)19(23)17-7-9-21(10-8-17)14-16-3-2-4-18(20)13-16/h2-4,13,15,17H,5-12,14H2,1H3. The Balaban J connectivity index is 1.47. The van der Waals surface area contributed by atoms with E-state index in [2.05, 4.69) is 22.8 Å². The number of hydrogen-bond acceptors (Lipinski definition) is 2. The smallest absolute Gasteiger partial charge is 0.225 e. The average Bonchev–Trinajstić information content (AvgIpc) is 2.56. The number of rotatable bonds is 3. The topological polar surface area (TPSA) is 23.6 Å². The zero-order valence-corrected chi connectivity index (χ0v) is 14.8. The second-order valence-electron chi connectivity index (χ2n) is 7.19. The van der Waals surface area contributed by atoms with Gasteiger partial charge in [0.05, 0.1) is 0 Å². The number of amides is 1. The lowest BCUT2D eigenvalue weighted by Crippen LogP contribution is -2.45. The van der Waals surface area contributed by atoms with Crippen LogP contribution in [0.25, 0.3) is 0 Å². The number of nitrogens with zero attached hydrogens (tertiary/aromatic N) is 2. The predicted molar refractivity (Wildman–Crippen MR) is 94.4 cm³/mol. The highest BCUT2D eigenvalue weighted by Gasteiger charge is 2.30. The maximum absolute atomic E-state index is 12.7. The molecule has 0 atom stereocenters. The van der Waals surface area contributed by atoms with Crippen molar-refractivity contribution in [2.45, 2.75) is 39.2 Å². The summed E-state index contributed by atoms with van der Waals surface area (Å²) in [5.74, 6) is 1.41. The fraction of sp³-hybridized carbons (Fsp3) is 0.632. The lowest BCUT2D eigenvalue weighted by molar-refractivity contribution is -0.138. The van der Waals surface area contributed by atoms with Crippen LogP contribution in [0, 0.1) is 11.8 Å². The fourth-order valence-corrected chi connectivity index (χ4v) is 3.93. The van der Waals surface area contributed by atoms with E-state index in [4.69, 9.17) is 11.6 Å². The quantitative estimate of drug-likeness (QED) is 0.839. The van der Waals surface area contributed by atoms with Crippen LogP contribution in [-0.2, 0) is 11.3 Å². The normalized spacial score (nSPS) is 21.6. The average molecular weight is 335 g/mol. The summed E-state index contributed by atoms with van der Waals surface area (Å²) in [5, 5.41) is 0.798. The van der Waals surface area contributed by atoms with Gasteiger partial charge in [-0.05, 0) is 62.4 Å². The molecule has 0 radical (unpaired) electrons. The third kappa shape index (κ3) is 4.48. The molecule has 0 unspecified atom stereocenters. The fourth-order valence-electron chi connectivity index (χ4n) is 3.72. The molecule has 0 N–H and O–H groups in total. The van der Waals surface area contributed by atoms with Gasteiger partial charge in [0.1, 0.15) is 0 Å². The van der Waals surface area contributed by atoms with Crippen LogP contribution >= 0.6 is 11.6 Å². The minimum atomic E-state index is 0.235. The van der Waals surface area contributed by atoms with Crippen molar-refractivity contribution in [1.82, 2.24) is 9.80 Å². The highest BCUT2D eigenvalue weighted by molar-refractivity contribution is 6.30. The van der Waals surface area contributed by atoms with Crippen LogP contribution in [0.2, 0.25) is 5.02 Å². The van der Waals surface area contributed by atoms with Gasteiger partial charge in [-0.15, -0.1) is 0 Å². The molecule has 2 saturated heterocycles. The Morgan fingerprint density at radius 2 is 1.83 bits per heavy atom. The van der Waals surface area contributed by atoms with Gasteiger partial charge in [-0.25, -0.2) is 0 Å². The maximum Gasteiger partial charge on any atom is 0.225 e. The van der Waals surface area contributed by atoms with Crippen molar-refractivity contribution in [3.05, 3.63) is 34.9 Å². The van der Waals surface area contributed by atoms with Gasteiger partial charge in [-0.1, -0.05) is 30.7 Å². The van der Waals surface area contributed by atoms with E-state index < -0.39 is 0 Å². The Kier molecular flexibility index (Phi) is 5.60. The molecule has 0 aromatic heterocycles. The van der Waals surface area contributed by atoms with Gasteiger partial charge in [0, 0.05) is 30.6 Å². The predicted octanol–water partition coefficient (Wildman–Crippen LogP) is 3.81. The minimum absolute atomic E-state index is 0.235. The Bertz CT molecular complexity index is 532. The Morgan fingerprint density at radius 3 is 2.48 bits per heavy atom. The van der Waals surface area contributed by atoms with E-state index >= 15 is 0 Å². The molecule has 0 saturated carbocycles. The zero-order chi connectivity index (χ0) is 16.2. The summed E-state index contributed by atoms with van der Waals surface area (Å²) < 4.78 is 0. The van der Waals surface area contributed by atoms with Crippen LogP contribution in [0.1, 0.15) is 38.2 Å². The summed E-state index contributed by atoms with van der Waals surface area (Å²) in [6.07, 6.45) is 4.32. The van der Waals surface area contributed by atoms with Gasteiger partial charge in [0.15, 0.2) is 0 Å². The van der Waals surface area contributed by atoms with Crippen molar-refractivity contribution < 1.29 is 4.79 Å². The Hall–Kier alpha value is -1.06. The number of halogens is 1. The number of piperidine rings is 2. The van der Waals surface area contributed by atoms with Gasteiger partial charge < -0.3 is 4.90 Å². The van der Waals surface area contributed by atoms with E-state index in [0.29, 0.717) is 5.91 Å². The zero-order valence-electron chi connectivity index (χ0n) is 14.0. The van der Waals surface area contributed by atoms with E-state index in [9.17, 15) is 4.79 Å². The molecule has 23 heavy (non-hydrogen) atoms. The van der Waals surface area contributed by atoms with Gasteiger partial charge in [0.25, 0.3) is 0 Å². The highest BCUT2D eigenvalue weighted by atomic mass is 35.5. The first-order chi connectivity index (χ1) is 11.1. The summed E-state index contributed by atoms with van der Waals surface area (Å²) in [5.41, 5.74) is 1.26. The molecule has 1 aromatic carbocycles. The van der Waals surface area contributed by atoms with Crippen molar-refractivity contribution >= 4 is 17.5 Å². The van der Waals surface area contributed by atoms with Gasteiger partial charge in [-0.3, -0.25) is 9.69 Å². The maximum atomic E-state index is 12.7. The lowest BCUT2D eigenvalue weighted by atomic mass is 9.92. The number of benzene rings is 1. The molecule has 2 aliphatic heterocycles. The first-order valence-corrected chi connectivity index (χ1v) is 9.25. The molecular weight excluding hydrogens is 308 g/mol. The van der Waals surface area contributed by atoms with Crippen LogP contribution in [-0.4, -0.2) is 41.9 Å². The molecule has 2 heterocycles. The summed E-state index contributed by atoms with van der Waals surface area (Å²) in [6, 6.07) is 8.08. The molecule has 4 heteroatoms. The summed E-state index contributed by atoms with van der Waals surface area (Å²) >= 11 is 6.05. The second kappa shape index (κ2) is 7.67. The van der Waals surface area contributed by atoms with Crippen LogP contribution in [0.3, 0.4) is 0 Å². The second-order valence-corrected chi connectivity index (χ2v) is 7.62. The van der Waals surface area contributed by atoms with Crippen LogP contribution in [0.5, 0.6) is 0 Å². The summed E-state index contributed by atoms with van der Waals surface area (Å²) in [6.45, 7) is 7.16. The van der Waals surface area contributed by atoms with Crippen molar-refractivity contribution in [1.29, 1.82) is 0 Å². The molecule has 2 fully saturated rings. The molecule has 1 aromatic rings. The first kappa shape index (κ1) is 16.8. The Morgan fingerprint density at radius 1 is 1.13 bits per heavy atom. The van der Waals surface area contributed by atoms with Gasteiger partial charge in [0.2, 0.25) is 5.91 Å². The third-order valence-corrected chi connectivity index (χ3v) is 5.56. The molecule has 3 nitrogen and oxygen atoms in total. The SMILES string of the molecule is CC1CCN(C(=O)C2CCN(Cc3cccc(Cl)c3)CC2)CC1. The van der Waals surface area contributed by atoms with Gasteiger partial charge in [-0.2, -0.15) is 0 Å². The minimum Gasteiger partial charge on any atom is -0.342 e. The molecule has 126 valence electrons. The van der Waals surface area contributed by atoms with E-state index in [-0.39, 0.29) is 5.92 Å². The Labute approximate surface area is 144 Å². The van der Waals surface area contributed by atoms with E-state index in [1.54, 1.807) is 0 Å². The van der Waals surface area contributed by atoms with Crippen LogP contribution in [0.15, 0.2) is 24.3 Å². The summed E-state index contributed by atoms with van der Waals surface area (Å²) in [4.78, 5) is 17.2. The van der Waals surface area contributed by atoms with Crippen molar-refractivity contribution in [3.63, 3.8) is 0 Å². The van der Waals surface area contributed by atoms with Crippen molar-refractivity contribution in [2.75, 3.05) is 26.2 Å². The van der Waals surface area contributed by atoms with Crippen LogP contribution in [0.4, 0.5) is 0 Å². The van der Waals surface area contributed by atoms with Crippen molar-refractivity contribution in [3.8, 4) is 0 Å². The molecule has 0 bridgehead atoms. The lowest BCUT2D eigenvalue weighted by Gasteiger charge is -2.36. The molecular formula is C19H27ClN2O. The third-order valence-electron chi connectivity index (χ3n) is 5.33. The van der Waals surface area contributed by atoms with E-state index in [1.807, 2.05) is 18.2 Å². The first-order valence-electron chi connectivity index (χ1n) is 8.87. The van der Waals surface area contributed by atoms with Crippen LogP contribution < -0.4 is 0 Å². The number of carbonyl (C=O) groups excluding carboxylic acids is 1. The summed E-state index contributed by atoms with van der Waals surface area (Å²) in [7, 11) is 0. The van der Waals surface area contributed by atoms with E-state index in [1.165, 1.54) is 18.4 Å². The molecule has 0 spiro atoms. The highest BCUT2D eigenvalue weighted by Crippen LogP contribution is 2.24. The monoisotopic (exact) mass is 334 g/mol. The van der Waals surface area contributed by atoms with Crippen molar-refractivity contribution in [2.24, 2.45) is 11.8 Å². The molecule has 1 amide bonds. The van der Waals surface area contributed by atoms with Gasteiger partial charge >= 0.3 is 0 Å². The molecule has 0 aliphatic carbocycles. The molecule has 3 rings (SSSR count). The largest absolute Gasteiger partial charge is 0.342 e. The number of carbonyl (C=O) groups is 1.